The van der Waals surface area contributed by atoms with Crippen molar-refractivity contribution >= 4 is 16.7 Å². The highest BCUT2D eigenvalue weighted by molar-refractivity contribution is 5.81. The normalized spacial score (nSPS) is 19.1. The van der Waals surface area contributed by atoms with E-state index >= 15 is 0 Å². The highest BCUT2D eigenvalue weighted by Gasteiger charge is 2.32. The Morgan fingerprint density at radius 3 is 2.80 bits per heavy atom. The molecule has 1 saturated heterocycles. The van der Waals surface area contributed by atoms with E-state index in [1.807, 2.05) is 36.1 Å². The highest BCUT2D eigenvalue weighted by Crippen LogP contribution is 2.31. The van der Waals surface area contributed by atoms with Gasteiger partial charge in [-0.25, -0.2) is 13.8 Å². The molecule has 2 aromatic rings. The molecule has 1 aliphatic heterocycles. The molecular weight excluding hydrogens is 258 g/mol. The molecule has 0 bridgehead atoms. The van der Waals surface area contributed by atoms with Crippen LogP contribution in [-0.4, -0.2) is 24.0 Å². The largest absolute Gasteiger partial charge is 0.356 e. The first kappa shape index (κ1) is 13.3. The molecule has 0 spiro atoms. The number of aromatic nitrogens is 1. The zero-order valence-electron chi connectivity index (χ0n) is 11.6. The van der Waals surface area contributed by atoms with E-state index in [1.54, 1.807) is 0 Å². The lowest BCUT2D eigenvalue weighted by molar-refractivity contribution is -0.0102. The van der Waals surface area contributed by atoms with Gasteiger partial charge in [0.2, 0.25) is 5.92 Å². The maximum atomic E-state index is 13.5. The summed E-state index contributed by atoms with van der Waals surface area (Å²) in [4.78, 5) is 6.67. The van der Waals surface area contributed by atoms with Gasteiger partial charge in [-0.15, -0.1) is 0 Å². The molecule has 0 amide bonds. The fourth-order valence-electron chi connectivity index (χ4n) is 2.81. The van der Waals surface area contributed by atoms with Crippen molar-refractivity contribution in [3.8, 4) is 0 Å². The topological polar surface area (TPSA) is 16.1 Å². The summed E-state index contributed by atoms with van der Waals surface area (Å²) in [6, 6.07) is 10.0. The Bertz CT molecular complexity index is 625. The standard InChI is InChI=1S/C16H18F2N2/c1-12-11-13-5-2-3-6-14(13)19-15(12)20-9-4-7-16(17,18)8-10-20/h2-3,5-6,11H,4,7-10H2,1H3. The third-order valence-corrected chi connectivity index (χ3v) is 3.91. The fourth-order valence-corrected chi connectivity index (χ4v) is 2.81. The van der Waals surface area contributed by atoms with Crippen LogP contribution in [0.3, 0.4) is 0 Å². The molecule has 3 rings (SSSR count). The molecule has 0 aliphatic carbocycles. The number of para-hydroxylation sites is 1. The molecule has 0 radical (unpaired) electrons. The lowest BCUT2D eigenvalue weighted by Crippen LogP contribution is -2.27. The Morgan fingerprint density at radius 2 is 1.95 bits per heavy atom. The SMILES string of the molecule is Cc1cc2ccccc2nc1N1CCCC(F)(F)CC1. The maximum absolute atomic E-state index is 13.5. The molecule has 1 fully saturated rings. The Kier molecular flexibility index (Phi) is 3.32. The summed E-state index contributed by atoms with van der Waals surface area (Å²) < 4.78 is 26.9. The molecule has 2 nitrogen and oxygen atoms in total. The average molecular weight is 276 g/mol. The van der Waals surface area contributed by atoms with Crippen molar-refractivity contribution in [2.45, 2.75) is 32.1 Å². The van der Waals surface area contributed by atoms with E-state index in [9.17, 15) is 8.78 Å². The second-order valence-electron chi connectivity index (χ2n) is 5.52. The summed E-state index contributed by atoms with van der Waals surface area (Å²) in [5.74, 6) is -1.68. The van der Waals surface area contributed by atoms with E-state index in [4.69, 9.17) is 0 Å². The van der Waals surface area contributed by atoms with E-state index in [0.717, 1.165) is 22.3 Å². The van der Waals surface area contributed by atoms with Gasteiger partial charge in [-0.2, -0.15) is 0 Å². The Labute approximate surface area is 117 Å². The molecule has 0 saturated carbocycles. The van der Waals surface area contributed by atoms with Gasteiger partial charge in [0.05, 0.1) is 5.52 Å². The van der Waals surface area contributed by atoms with Gasteiger partial charge in [0.15, 0.2) is 0 Å². The lowest BCUT2D eigenvalue weighted by Gasteiger charge is -2.23. The molecule has 4 heteroatoms. The molecule has 0 atom stereocenters. The summed E-state index contributed by atoms with van der Waals surface area (Å²) in [6.07, 6.45) is 0.415. The van der Waals surface area contributed by atoms with Gasteiger partial charge in [-0.05, 0) is 31.0 Å². The lowest BCUT2D eigenvalue weighted by atomic mass is 10.1. The van der Waals surface area contributed by atoms with Crippen molar-refractivity contribution in [3.05, 3.63) is 35.9 Å². The van der Waals surface area contributed by atoms with Crippen molar-refractivity contribution < 1.29 is 8.78 Å². The monoisotopic (exact) mass is 276 g/mol. The maximum Gasteiger partial charge on any atom is 0.249 e. The van der Waals surface area contributed by atoms with Crippen molar-refractivity contribution in [1.29, 1.82) is 0 Å². The van der Waals surface area contributed by atoms with Gasteiger partial charge < -0.3 is 4.90 Å². The van der Waals surface area contributed by atoms with Crippen LogP contribution >= 0.6 is 0 Å². The van der Waals surface area contributed by atoms with Gasteiger partial charge >= 0.3 is 0 Å². The number of fused-ring (bicyclic) bond motifs is 1. The van der Waals surface area contributed by atoms with Gasteiger partial charge in [-0.3, -0.25) is 0 Å². The number of benzene rings is 1. The van der Waals surface area contributed by atoms with Crippen molar-refractivity contribution in [1.82, 2.24) is 4.98 Å². The van der Waals surface area contributed by atoms with Crippen molar-refractivity contribution in [3.63, 3.8) is 0 Å². The van der Waals surface area contributed by atoms with Gasteiger partial charge in [-0.1, -0.05) is 18.2 Å². The van der Waals surface area contributed by atoms with Crippen molar-refractivity contribution in [2.24, 2.45) is 0 Å². The Hall–Kier alpha value is -1.71. The van der Waals surface area contributed by atoms with Gasteiger partial charge in [0.25, 0.3) is 0 Å². The number of hydrogen-bond donors (Lipinski definition) is 0. The minimum atomic E-state index is -2.53. The summed E-state index contributed by atoms with van der Waals surface area (Å²) in [7, 11) is 0. The van der Waals surface area contributed by atoms with Crippen LogP contribution < -0.4 is 4.90 Å². The zero-order valence-corrected chi connectivity index (χ0v) is 11.6. The Morgan fingerprint density at radius 1 is 1.15 bits per heavy atom. The first-order valence-electron chi connectivity index (χ1n) is 7.04. The number of anilines is 1. The molecule has 1 aromatic heterocycles. The first-order valence-corrected chi connectivity index (χ1v) is 7.04. The van der Waals surface area contributed by atoms with Crippen LogP contribution in [0.15, 0.2) is 30.3 Å². The molecule has 1 aromatic carbocycles. The van der Waals surface area contributed by atoms with Crippen LogP contribution in [0, 0.1) is 6.92 Å². The predicted octanol–water partition coefficient (Wildman–Crippen LogP) is 4.17. The second-order valence-corrected chi connectivity index (χ2v) is 5.52. The van der Waals surface area contributed by atoms with Crippen LogP contribution in [0.5, 0.6) is 0 Å². The summed E-state index contributed by atoms with van der Waals surface area (Å²) in [6.45, 7) is 3.03. The molecular formula is C16H18F2N2. The first-order chi connectivity index (χ1) is 9.55. The average Bonchev–Trinajstić information content (AvgIpc) is 2.59. The molecule has 0 unspecified atom stereocenters. The molecule has 106 valence electrons. The Balaban J connectivity index is 1.95. The quantitative estimate of drug-likeness (QED) is 0.777. The number of aryl methyl sites for hydroxylation is 1. The smallest absolute Gasteiger partial charge is 0.249 e. The van der Waals surface area contributed by atoms with E-state index in [-0.39, 0.29) is 12.8 Å². The summed E-state index contributed by atoms with van der Waals surface area (Å²) in [5, 5.41) is 1.09. The summed E-state index contributed by atoms with van der Waals surface area (Å²) in [5.41, 5.74) is 1.97. The van der Waals surface area contributed by atoms with E-state index < -0.39 is 5.92 Å². The van der Waals surface area contributed by atoms with Crippen LogP contribution in [0.1, 0.15) is 24.8 Å². The minimum Gasteiger partial charge on any atom is -0.356 e. The number of halogens is 2. The van der Waals surface area contributed by atoms with Crippen molar-refractivity contribution in [2.75, 3.05) is 18.0 Å². The van der Waals surface area contributed by atoms with Crippen LogP contribution in [0.2, 0.25) is 0 Å². The van der Waals surface area contributed by atoms with E-state index in [0.29, 0.717) is 19.5 Å². The van der Waals surface area contributed by atoms with Gasteiger partial charge in [0, 0.05) is 31.3 Å². The summed E-state index contributed by atoms with van der Waals surface area (Å²) >= 11 is 0. The minimum absolute atomic E-state index is 0.0177. The van der Waals surface area contributed by atoms with Crippen LogP contribution in [0.4, 0.5) is 14.6 Å². The fraction of sp³-hybridized carbons (Fsp3) is 0.438. The third-order valence-electron chi connectivity index (χ3n) is 3.91. The van der Waals surface area contributed by atoms with E-state index in [2.05, 4.69) is 11.1 Å². The number of alkyl halides is 2. The van der Waals surface area contributed by atoms with E-state index in [1.165, 1.54) is 0 Å². The highest BCUT2D eigenvalue weighted by atomic mass is 19.3. The zero-order chi connectivity index (χ0) is 14.2. The second kappa shape index (κ2) is 5.00. The van der Waals surface area contributed by atoms with Gasteiger partial charge in [0.1, 0.15) is 5.82 Å². The third kappa shape index (κ3) is 2.60. The molecule has 1 aliphatic rings. The number of pyridine rings is 1. The molecule has 20 heavy (non-hydrogen) atoms. The van der Waals surface area contributed by atoms with Crippen LogP contribution in [-0.2, 0) is 0 Å². The number of nitrogens with zero attached hydrogens (tertiary/aromatic N) is 2. The predicted molar refractivity (Wildman–Crippen MR) is 77.5 cm³/mol. The van der Waals surface area contributed by atoms with Crippen LogP contribution in [0.25, 0.3) is 10.9 Å². The number of hydrogen-bond acceptors (Lipinski definition) is 2. The molecule has 2 heterocycles. The molecule has 0 N–H and O–H groups in total. The number of rotatable bonds is 1.